The number of aromatic nitrogens is 1. The summed E-state index contributed by atoms with van der Waals surface area (Å²) in [6, 6.07) is 3.83. The predicted molar refractivity (Wildman–Crippen MR) is 153 cm³/mol. The van der Waals surface area contributed by atoms with Crippen LogP contribution in [0, 0.1) is 5.41 Å². The van der Waals surface area contributed by atoms with Crippen LogP contribution in [-0.2, 0) is 4.74 Å². The van der Waals surface area contributed by atoms with Gasteiger partial charge in [0.05, 0.1) is 17.8 Å². The second kappa shape index (κ2) is 24.6. The Morgan fingerprint density at radius 3 is 2.15 bits per heavy atom. The Bertz CT molecular complexity index is 801. The minimum atomic E-state index is 0.686. The van der Waals surface area contributed by atoms with Crippen molar-refractivity contribution in [3.8, 4) is 0 Å². The molecule has 1 N–H and O–H groups in total. The Labute approximate surface area is 214 Å². The molecule has 0 aromatic carbocycles. The molecular weight excluding hydrogens is 500 g/mol. The number of pyridine rings is 1. The standard InChI is InChI=1S/C10H10N2OS.C6H12N2.C4H7BrO.C3H8.C2H6/c1-12(2)9-3-4-11-10-8(9)5-7(6-13)14-10;1-6(2)4-8(3)5-7;1-6-4-2-3-5;1-3-2;1-2/h3-6H,1-2H3;4-5,7H,1-3H3;2-3H,4H2,1H3;3H2,1-2H3;1-2H3/b;;3-2+;;. The molecule has 0 unspecified atom stereocenters. The van der Waals surface area contributed by atoms with Crippen LogP contribution < -0.4 is 4.90 Å². The van der Waals surface area contributed by atoms with Crippen molar-refractivity contribution in [1.82, 2.24) is 9.88 Å². The lowest BCUT2D eigenvalue weighted by molar-refractivity contribution is 0.112. The summed E-state index contributed by atoms with van der Waals surface area (Å²) in [6.45, 7) is 12.9. The number of aldehydes is 1. The van der Waals surface area contributed by atoms with Gasteiger partial charge in [0.25, 0.3) is 0 Å². The van der Waals surface area contributed by atoms with Crippen LogP contribution >= 0.6 is 27.3 Å². The second-order valence-electron chi connectivity index (χ2n) is 6.74. The molecule has 0 aliphatic rings. The second-order valence-corrected chi connectivity index (χ2v) is 8.33. The molecule has 2 aromatic heterocycles. The van der Waals surface area contributed by atoms with Crippen LogP contribution in [0.4, 0.5) is 5.69 Å². The molecule has 0 amide bonds. The van der Waals surface area contributed by atoms with E-state index in [0.717, 1.165) is 27.1 Å². The summed E-state index contributed by atoms with van der Waals surface area (Å²) in [5.74, 6) is 0. The van der Waals surface area contributed by atoms with Gasteiger partial charge in [-0.15, -0.1) is 11.3 Å². The van der Waals surface area contributed by atoms with E-state index in [-0.39, 0.29) is 0 Å². The fourth-order valence-corrected chi connectivity index (χ4v) is 2.96. The summed E-state index contributed by atoms with van der Waals surface area (Å²) < 4.78 is 4.67. The summed E-state index contributed by atoms with van der Waals surface area (Å²) in [6.07, 6.45) is 8.93. The van der Waals surface area contributed by atoms with E-state index in [1.54, 1.807) is 23.2 Å². The lowest BCUT2D eigenvalue weighted by Gasteiger charge is -2.12. The molecule has 33 heavy (non-hydrogen) atoms. The van der Waals surface area contributed by atoms with Crippen LogP contribution in [0.1, 0.15) is 57.6 Å². The quantitative estimate of drug-likeness (QED) is 0.231. The molecule has 0 bridgehead atoms. The maximum Gasteiger partial charge on any atom is 0.160 e. The lowest BCUT2D eigenvalue weighted by atomic mass is 10.2. The number of hydrogen-bond acceptors (Lipinski definition) is 6. The number of nitrogens with zero attached hydrogens (tertiary/aromatic N) is 3. The largest absolute Gasteiger partial charge is 0.381 e. The smallest absolute Gasteiger partial charge is 0.160 e. The summed E-state index contributed by atoms with van der Waals surface area (Å²) in [4.78, 5) is 22.0. The minimum absolute atomic E-state index is 0.686. The van der Waals surface area contributed by atoms with Crippen molar-refractivity contribution in [2.24, 2.45) is 0 Å². The SMILES string of the molecule is CC.CC(C)=CN(C)C=N.CCC.CN(C)c1ccnc2sc(C=O)cc12.COC/C=C/Br. The molecule has 0 aliphatic carbocycles. The van der Waals surface area contributed by atoms with Crippen molar-refractivity contribution in [2.45, 2.75) is 48.0 Å². The highest BCUT2D eigenvalue weighted by Gasteiger charge is 2.07. The fraction of sp³-hybridized carbons (Fsp3) is 0.480. The molecule has 0 aliphatic heterocycles. The topological polar surface area (TPSA) is 69.5 Å². The molecule has 188 valence electrons. The van der Waals surface area contributed by atoms with Gasteiger partial charge in [-0.1, -0.05) is 61.7 Å². The van der Waals surface area contributed by atoms with Gasteiger partial charge in [0.15, 0.2) is 6.29 Å². The Kier molecular flexibility index (Phi) is 26.5. The Morgan fingerprint density at radius 1 is 1.24 bits per heavy atom. The number of nitrogens with one attached hydrogen (secondary N) is 1. The number of allylic oxidation sites excluding steroid dienone is 1. The number of ether oxygens (including phenoxy) is 1. The number of hydrogen-bond donors (Lipinski definition) is 1. The highest BCUT2D eigenvalue weighted by Crippen LogP contribution is 2.29. The monoisotopic (exact) mass is 542 g/mol. The van der Waals surface area contributed by atoms with Gasteiger partial charge in [0.1, 0.15) is 4.83 Å². The molecule has 6 nitrogen and oxygen atoms in total. The van der Waals surface area contributed by atoms with Crippen LogP contribution in [0.3, 0.4) is 0 Å². The van der Waals surface area contributed by atoms with E-state index in [9.17, 15) is 4.79 Å². The van der Waals surface area contributed by atoms with Crippen molar-refractivity contribution in [1.29, 1.82) is 5.41 Å². The van der Waals surface area contributed by atoms with Crippen LogP contribution in [0.2, 0.25) is 0 Å². The van der Waals surface area contributed by atoms with Crippen molar-refractivity contribution >= 4 is 55.8 Å². The molecule has 2 heterocycles. The number of methoxy groups -OCH3 is 1. The number of thiophene rings is 1. The van der Waals surface area contributed by atoms with Gasteiger partial charge in [-0.2, -0.15) is 0 Å². The van der Waals surface area contributed by atoms with Gasteiger partial charge < -0.3 is 14.5 Å². The van der Waals surface area contributed by atoms with E-state index in [1.807, 2.05) is 78.1 Å². The molecule has 2 aromatic rings. The fourth-order valence-electron chi connectivity index (χ4n) is 1.97. The van der Waals surface area contributed by atoms with E-state index in [1.165, 1.54) is 29.7 Å². The van der Waals surface area contributed by atoms with Gasteiger partial charge >= 0.3 is 0 Å². The first-order chi connectivity index (χ1) is 15.7. The van der Waals surface area contributed by atoms with Crippen LogP contribution in [0.25, 0.3) is 10.2 Å². The highest BCUT2D eigenvalue weighted by molar-refractivity contribution is 9.11. The summed E-state index contributed by atoms with van der Waals surface area (Å²) >= 11 is 4.51. The van der Waals surface area contributed by atoms with Gasteiger partial charge in [-0.3, -0.25) is 10.2 Å². The number of carbonyl (C=O) groups excluding carboxylic acids is 1. The molecule has 0 saturated heterocycles. The number of anilines is 1. The Balaban J connectivity index is -0.000000406. The number of rotatable bonds is 6. The zero-order valence-corrected chi connectivity index (χ0v) is 24.4. The molecule has 0 atom stereocenters. The normalized spacial score (nSPS) is 8.94. The first-order valence-corrected chi connectivity index (χ1v) is 12.6. The van der Waals surface area contributed by atoms with Gasteiger partial charge in [-0.25, -0.2) is 4.98 Å². The molecule has 0 fully saturated rings. The first-order valence-electron chi connectivity index (χ1n) is 10.8. The van der Waals surface area contributed by atoms with Crippen LogP contribution in [0.5, 0.6) is 0 Å². The minimum Gasteiger partial charge on any atom is -0.381 e. The number of fused-ring (bicyclic) bond motifs is 1. The molecule has 0 radical (unpaired) electrons. The van der Waals surface area contributed by atoms with Crippen molar-refractivity contribution in [2.75, 3.05) is 39.8 Å². The average molecular weight is 544 g/mol. The van der Waals surface area contributed by atoms with E-state index >= 15 is 0 Å². The maximum atomic E-state index is 10.6. The summed E-state index contributed by atoms with van der Waals surface area (Å²) in [5.41, 5.74) is 2.30. The Hall–Kier alpha value is -2.03. The van der Waals surface area contributed by atoms with Crippen LogP contribution in [0.15, 0.2) is 41.2 Å². The number of halogens is 1. The van der Waals surface area contributed by atoms with E-state index in [0.29, 0.717) is 6.61 Å². The molecule has 8 heteroatoms. The molecule has 0 spiro atoms. The van der Waals surface area contributed by atoms with E-state index in [2.05, 4.69) is 39.5 Å². The Morgan fingerprint density at radius 2 is 1.82 bits per heavy atom. The zero-order chi connectivity index (χ0) is 26.2. The first kappa shape index (κ1) is 35.6. The summed E-state index contributed by atoms with van der Waals surface area (Å²) in [7, 11) is 7.45. The summed E-state index contributed by atoms with van der Waals surface area (Å²) in [5, 5.41) is 7.80. The molecule has 0 saturated carbocycles. The van der Waals surface area contributed by atoms with E-state index in [4.69, 9.17) is 5.41 Å². The van der Waals surface area contributed by atoms with E-state index < -0.39 is 0 Å². The third-order valence-corrected chi connectivity index (χ3v) is 4.39. The van der Waals surface area contributed by atoms with Crippen LogP contribution in [-0.4, -0.2) is 57.4 Å². The van der Waals surface area contributed by atoms with Gasteiger partial charge in [0.2, 0.25) is 0 Å². The predicted octanol–water partition coefficient (Wildman–Crippen LogP) is 7.61. The van der Waals surface area contributed by atoms with Crippen molar-refractivity contribution in [3.63, 3.8) is 0 Å². The zero-order valence-electron chi connectivity index (χ0n) is 22.0. The lowest BCUT2D eigenvalue weighted by Crippen LogP contribution is -2.08. The number of carbonyl (C=O) groups is 1. The molecule has 2 rings (SSSR count). The van der Waals surface area contributed by atoms with Gasteiger partial charge in [0, 0.05) is 51.7 Å². The third-order valence-electron chi connectivity index (χ3n) is 3.05. The van der Waals surface area contributed by atoms with Crippen molar-refractivity contribution in [3.05, 3.63) is 46.0 Å². The maximum absolute atomic E-state index is 10.6. The molecular formula is C25H43BrN4O2S. The third kappa shape index (κ3) is 19.2. The van der Waals surface area contributed by atoms with Gasteiger partial charge in [-0.05, 0) is 31.0 Å². The highest BCUT2D eigenvalue weighted by atomic mass is 79.9. The van der Waals surface area contributed by atoms with Crippen molar-refractivity contribution < 1.29 is 9.53 Å². The average Bonchev–Trinajstić information content (AvgIpc) is 3.23.